The van der Waals surface area contributed by atoms with E-state index in [0.29, 0.717) is 11.6 Å². The molecule has 0 aliphatic heterocycles. The van der Waals surface area contributed by atoms with E-state index >= 15 is 0 Å². The summed E-state index contributed by atoms with van der Waals surface area (Å²) in [6.07, 6.45) is 5.04. The molecule has 1 N–H and O–H groups in total. The van der Waals surface area contributed by atoms with Gasteiger partial charge >= 0.3 is 0 Å². The highest BCUT2D eigenvalue weighted by molar-refractivity contribution is 5.55. The van der Waals surface area contributed by atoms with Gasteiger partial charge < -0.3 is 5.32 Å². The largest absolute Gasteiger partial charge is 0.366 e. The fourth-order valence-corrected chi connectivity index (χ4v) is 2.23. The summed E-state index contributed by atoms with van der Waals surface area (Å²) in [5.41, 5.74) is 1.49. The van der Waals surface area contributed by atoms with E-state index < -0.39 is 0 Å². The Balaban J connectivity index is 2.13. The molecular weight excluding hydrogens is 212 g/mol. The van der Waals surface area contributed by atoms with E-state index in [4.69, 9.17) is 5.26 Å². The summed E-state index contributed by atoms with van der Waals surface area (Å²) in [6.45, 7) is 4.07. The Labute approximate surface area is 103 Å². The highest BCUT2D eigenvalue weighted by Gasteiger charge is 2.25. The van der Waals surface area contributed by atoms with E-state index in [1.807, 2.05) is 14.0 Å². The van der Waals surface area contributed by atoms with Gasteiger partial charge in [-0.25, -0.2) is 0 Å². The van der Waals surface area contributed by atoms with Gasteiger partial charge in [-0.15, -0.1) is 0 Å². The quantitative estimate of drug-likeness (QED) is 0.849. The van der Waals surface area contributed by atoms with Gasteiger partial charge in [0.1, 0.15) is 17.5 Å². The van der Waals surface area contributed by atoms with Crippen LogP contribution in [0.2, 0.25) is 0 Å². The van der Waals surface area contributed by atoms with Crippen molar-refractivity contribution in [2.75, 3.05) is 5.32 Å². The number of aromatic nitrogens is 2. The fraction of sp³-hybridized carbons (Fsp3) is 0.692. The van der Waals surface area contributed by atoms with Gasteiger partial charge in [0.25, 0.3) is 0 Å². The molecule has 1 aliphatic rings. The maximum atomic E-state index is 9.15. The van der Waals surface area contributed by atoms with Crippen LogP contribution in [-0.4, -0.2) is 15.8 Å². The van der Waals surface area contributed by atoms with Crippen LogP contribution in [-0.2, 0) is 7.05 Å². The molecule has 1 aliphatic carbocycles. The molecule has 0 spiro atoms. The molecule has 0 saturated heterocycles. The number of aryl methyl sites for hydroxylation is 2. The highest BCUT2D eigenvalue weighted by atomic mass is 15.3. The average molecular weight is 232 g/mol. The van der Waals surface area contributed by atoms with E-state index in [0.717, 1.165) is 23.9 Å². The van der Waals surface area contributed by atoms with Crippen LogP contribution < -0.4 is 5.32 Å². The minimum atomic E-state index is 0.462. The Morgan fingerprint density at radius 1 is 1.59 bits per heavy atom. The molecule has 1 fully saturated rings. The summed E-state index contributed by atoms with van der Waals surface area (Å²) >= 11 is 0. The molecule has 92 valence electrons. The number of nitrogens with one attached hydrogen (secondary N) is 1. The van der Waals surface area contributed by atoms with Gasteiger partial charge in [0.2, 0.25) is 0 Å². The molecule has 4 nitrogen and oxygen atoms in total. The van der Waals surface area contributed by atoms with E-state index in [9.17, 15) is 0 Å². The second-order valence-corrected chi connectivity index (χ2v) is 4.97. The van der Waals surface area contributed by atoms with Gasteiger partial charge in [0.15, 0.2) is 0 Å². The maximum absolute atomic E-state index is 9.15. The normalized spacial score (nSPS) is 16.6. The molecular formula is C13H20N4. The van der Waals surface area contributed by atoms with Crippen LogP contribution >= 0.6 is 0 Å². The molecule has 17 heavy (non-hydrogen) atoms. The van der Waals surface area contributed by atoms with Gasteiger partial charge in [-0.1, -0.05) is 19.8 Å². The Hall–Kier alpha value is -1.50. The van der Waals surface area contributed by atoms with Gasteiger partial charge in [0, 0.05) is 13.1 Å². The molecule has 1 atom stereocenters. The van der Waals surface area contributed by atoms with E-state index in [-0.39, 0.29) is 0 Å². The van der Waals surface area contributed by atoms with Crippen LogP contribution in [0.1, 0.15) is 43.9 Å². The Morgan fingerprint density at radius 2 is 2.29 bits per heavy atom. The summed E-state index contributed by atoms with van der Waals surface area (Å²) in [7, 11) is 1.89. The minimum Gasteiger partial charge on any atom is -0.366 e. The van der Waals surface area contributed by atoms with Crippen molar-refractivity contribution in [3.63, 3.8) is 0 Å². The molecule has 0 radical (unpaired) electrons. The van der Waals surface area contributed by atoms with Crippen LogP contribution in [0.4, 0.5) is 5.82 Å². The van der Waals surface area contributed by atoms with Gasteiger partial charge in [0.05, 0.1) is 5.69 Å². The molecule has 1 aromatic rings. The maximum Gasteiger partial charge on any atom is 0.142 e. The van der Waals surface area contributed by atoms with E-state index in [1.54, 1.807) is 4.68 Å². The SMILES string of the molecule is CCC(CC1CC1)Nc1c(C#N)c(C)nn1C. The van der Waals surface area contributed by atoms with Gasteiger partial charge in [-0.2, -0.15) is 10.4 Å². The van der Waals surface area contributed by atoms with E-state index in [2.05, 4.69) is 23.4 Å². The zero-order valence-electron chi connectivity index (χ0n) is 10.8. The first-order valence-corrected chi connectivity index (χ1v) is 6.36. The van der Waals surface area contributed by atoms with Crippen LogP contribution in [0.15, 0.2) is 0 Å². The fourth-order valence-electron chi connectivity index (χ4n) is 2.23. The smallest absolute Gasteiger partial charge is 0.142 e. The summed E-state index contributed by atoms with van der Waals surface area (Å²) in [5.74, 6) is 1.77. The lowest BCUT2D eigenvalue weighted by atomic mass is 10.1. The third-order valence-electron chi connectivity index (χ3n) is 3.48. The van der Waals surface area contributed by atoms with Gasteiger partial charge in [-0.3, -0.25) is 4.68 Å². The average Bonchev–Trinajstić information content (AvgIpc) is 3.06. The lowest BCUT2D eigenvalue weighted by Crippen LogP contribution is -2.21. The lowest BCUT2D eigenvalue weighted by molar-refractivity contribution is 0.579. The molecule has 1 unspecified atom stereocenters. The van der Waals surface area contributed by atoms with Crippen LogP contribution in [0.5, 0.6) is 0 Å². The number of hydrogen-bond donors (Lipinski definition) is 1. The van der Waals surface area contributed by atoms with Crippen LogP contribution in [0.25, 0.3) is 0 Å². The minimum absolute atomic E-state index is 0.462. The first kappa shape index (κ1) is 12.0. The molecule has 0 amide bonds. The summed E-state index contributed by atoms with van der Waals surface area (Å²) in [6, 6.07) is 2.70. The van der Waals surface area contributed by atoms with Crippen molar-refractivity contribution in [3.8, 4) is 6.07 Å². The third-order valence-corrected chi connectivity index (χ3v) is 3.48. The van der Waals surface area contributed by atoms with Crippen molar-refractivity contribution in [2.45, 2.75) is 45.6 Å². The number of anilines is 1. The predicted octanol–water partition coefficient (Wildman–Crippen LogP) is 2.59. The number of hydrogen-bond acceptors (Lipinski definition) is 3. The zero-order chi connectivity index (χ0) is 12.4. The number of nitrogens with zero attached hydrogens (tertiary/aromatic N) is 3. The van der Waals surface area contributed by atoms with Crippen molar-refractivity contribution in [1.82, 2.24) is 9.78 Å². The third kappa shape index (κ3) is 2.60. The van der Waals surface area contributed by atoms with Crippen molar-refractivity contribution >= 4 is 5.82 Å². The highest BCUT2D eigenvalue weighted by Crippen LogP contribution is 2.35. The summed E-state index contributed by atoms with van der Waals surface area (Å²) < 4.78 is 1.78. The Morgan fingerprint density at radius 3 is 2.82 bits per heavy atom. The molecule has 1 saturated carbocycles. The molecule has 1 heterocycles. The molecule has 1 aromatic heterocycles. The predicted molar refractivity (Wildman–Crippen MR) is 67.7 cm³/mol. The number of rotatable bonds is 5. The Bertz CT molecular complexity index is 437. The van der Waals surface area contributed by atoms with Crippen molar-refractivity contribution in [3.05, 3.63) is 11.3 Å². The summed E-state index contributed by atoms with van der Waals surface area (Å²) in [4.78, 5) is 0. The molecule has 0 bridgehead atoms. The van der Waals surface area contributed by atoms with Crippen molar-refractivity contribution < 1.29 is 0 Å². The topological polar surface area (TPSA) is 53.6 Å². The Kier molecular flexibility index (Phi) is 3.37. The van der Waals surface area contributed by atoms with E-state index in [1.165, 1.54) is 19.3 Å². The first-order valence-electron chi connectivity index (χ1n) is 6.36. The van der Waals surface area contributed by atoms with Crippen LogP contribution in [0, 0.1) is 24.2 Å². The molecule has 2 rings (SSSR count). The second kappa shape index (κ2) is 4.79. The molecule has 0 aromatic carbocycles. The zero-order valence-corrected chi connectivity index (χ0v) is 10.8. The molecule has 4 heteroatoms. The standard InChI is InChI=1S/C13H20N4/c1-4-11(7-10-5-6-10)15-13-12(8-14)9(2)16-17(13)3/h10-11,15H,4-7H2,1-3H3. The number of nitriles is 1. The lowest BCUT2D eigenvalue weighted by Gasteiger charge is -2.18. The summed E-state index contributed by atoms with van der Waals surface area (Å²) in [5, 5.41) is 16.9. The van der Waals surface area contributed by atoms with Gasteiger partial charge in [-0.05, 0) is 25.7 Å². The van der Waals surface area contributed by atoms with Crippen LogP contribution in [0.3, 0.4) is 0 Å². The van der Waals surface area contributed by atoms with Crippen molar-refractivity contribution in [2.24, 2.45) is 13.0 Å². The second-order valence-electron chi connectivity index (χ2n) is 4.97. The first-order chi connectivity index (χ1) is 8.15. The van der Waals surface area contributed by atoms with Crippen molar-refractivity contribution in [1.29, 1.82) is 5.26 Å². The monoisotopic (exact) mass is 232 g/mol.